The van der Waals surface area contributed by atoms with Gasteiger partial charge in [0.25, 0.3) is 5.91 Å². The van der Waals surface area contributed by atoms with Crippen LogP contribution in [0, 0.1) is 5.82 Å². The first-order valence-corrected chi connectivity index (χ1v) is 10.3. The predicted molar refractivity (Wildman–Crippen MR) is 124 cm³/mol. The second-order valence-corrected chi connectivity index (χ2v) is 7.73. The van der Waals surface area contributed by atoms with Crippen LogP contribution in [0.4, 0.5) is 10.1 Å². The van der Waals surface area contributed by atoms with Gasteiger partial charge in [-0.15, -0.1) is 0 Å². The average Bonchev–Trinajstić information content (AvgIpc) is 2.97. The molecular weight excluding hydrogens is 435 g/mol. The van der Waals surface area contributed by atoms with Crippen molar-refractivity contribution in [3.8, 4) is 5.75 Å². The molecule has 0 unspecified atom stereocenters. The van der Waals surface area contributed by atoms with E-state index in [1.807, 2.05) is 30.3 Å². The minimum atomic E-state index is -0.318. The molecule has 1 aliphatic heterocycles. The van der Waals surface area contributed by atoms with Crippen molar-refractivity contribution in [3.63, 3.8) is 0 Å². The van der Waals surface area contributed by atoms with Crippen LogP contribution in [0.15, 0.2) is 78.5 Å². The number of benzene rings is 3. The van der Waals surface area contributed by atoms with E-state index in [2.05, 4.69) is 0 Å². The number of carbonyl (C=O) groups is 1. The highest BCUT2D eigenvalue weighted by molar-refractivity contribution is 7.80. The van der Waals surface area contributed by atoms with Crippen molar-refractivity contribution in [2.75, 3.05) is 11.9 Å². The number of halogens is 2. The zero-order valence-corrected chi connectivity index (χ0v) is 18.2. The van der Waals surface area contributed by atoms with E-state index in [4.69, 9.17) is 28.6 Å². The third kappa shape index (κ3) is 4.45. The summed E-state index contributed by atoms with van der Waals surface area (Å²) in [7, 11) is 1.76. The molecule has 1 heterocycles. The summed E-state index contributed by atoms with van der Waals surface area (Å²) >= 11 is 11.8. The molecule has 0 atom stereocenters. The van der Waals surface area contributed by atoms with Gasteiger partial charge in [-0.1, -0.05) is 48.0 Å². The van der Waals surface area contributed by atoms with Crippen LogP contribution in [-0.4, -0.2) is 23.0 Å². The Hall–Kier alpha value is -3.22. The maximum atomic E-state index is 13.3. The van der Waals surface area contributed by atoms with Gasteiger partial charge in [-0.2, -0.15) is 0 Å². The molecule has 1 saturated heterocycles. The van der Waals surface area contributed by atoms with Gasteiger partial charge in [-0.05, 0) is 65.8 Å². The average molecular weight is 453 g/mol. The van der Waals surface area contributed by atoms with Crippen LogP contribution in [0.5, 0.6) is 5.75 Å². The molecule has 3 aromatic rings. The van der Waals surface area contributed by atoms with Crippen LogP contribution in [0.1, 0.15) is 11.1 Å². The van der Waals surface area contributed by atoms with Crippen molar-refractivity contribution >= 4 is 46.6 Å². The number of ether oxygens (including phenoxy) is 1. The summed E-state index contributed by atoms with van der Waals surface area (Å²) in [6.45, 7) is 0.194. The van der Waals surface area contributed by atoms with Gasteiger partial charge in [-0.3, -0.25) is 9.69 Å². The van der Waals surface area contributed by atoms with Gasteiger partial charge in [0.1, 0.15) is 23.9 Å². The molecular formula is C24H18ClFN2O2S. The van der Waals surface area contributed by atoms with Crippen molar-refractivity contribution < 1.29 is 13.9 Å². The van der Waals surface area contributed by atoms with Crippen LogP contribution in [0.3, 0.4) is 0 Å². The lowest BCUT2D eigenvalue weighted by Crippen LogP contribution is -2.30. The molecule has 0 saturated carbocycles. The quantitative estimate of drug-likeness (QED) is 0.369. The highest BCUT2D eigenvalue weighted by atomic mass is 35.5. The normalized spacial score (nSPS) is 15.1. The van der Waals surface area contributed by atoms with Crippen LogP contribution in [0.2, 0.25) is 5.02 Å². The fraction of sp³-hybridized carbons (Fsp3) is 0.0833. The summed E-state index contributed by atoms with van der Waals surface area (Å²) in [5, 5.41) is 0.796. The Bertz CT molecular complexity index is 1180. The number of carbonyl (C=O) groups excluding carboxylic acids is 1. The van der Waals surface area contributed by atoms with Crippen molar-refractivity contribution in [2.45, 2.75) is 6.61 Å². The monoisotopic (exact) mass is 452 g/mol. The van der Waals surface area contributed by atoms with E-state index >= 15 is 0 Å². The van der Waals surface area contributed by atoms with Crippen molar-refractivity contribution in [1.29, 1.82) is 0 Å². The van der Waals surface area contributed by atoms with E-state index in [1.165, 1.54) is 17.0 Å². The molecule has 0 radical (unpaired) electrons. The Kier molecular flexibility index (Phi) is 6.02. The number of anilines is 1. The number of likely N-dealkylation sites (N-methyl/N-ethyl adjacent to an activating group) is 1. The van der Waals surface area contributed by atoms with Crippen molar-refractivity contribution in [2.24, 2.45) is 0 Å². The molecule has 3 aromatic carbocycles. The minimum absolute atomic E-state index is 0.194. The SMILES string of the molecule is CN1C(=S)N(c2ccccc2)C(=O)/C1=C/c1ccc(OCc2cccc(F)c2)c(Cl)c1. The molecule has 4 nitrogen and oxygen atoms in total. The smallest absolute Gasteiger partial charge is 0.281 e. The van der Waals surface area contributed by atoms with Gasteiger partial charge >= 0.3 is 0 Å². The summed E-state index contributed by atoms with van der Waals surface area (Å²) in [6, 6.07) is 20.7. The molecule has 0 aliphatic carbocycles. The van der Waals surface area contributed by atoms with Gasteiger partial charge in [0.2, 0.25) is 0 Å². The van der Waals surface area contributed by atoms with E-state index in [-0.39, 0.29) is 18.3 Å². The van der Waals surface area contributed by atoms with Gasteiger partial charge in [0, 0.05) is 7.05 Å². The van der Waals surface area contributed by atoms with Gasteiger partial charge in [0.15, 0.2) is 5.11 Å². The second kappa shape index (κ2) is 8.88. The van der Waals surface area contributed by atoms with Crippen molar-refractivity contribution in [3.05, 3.63) is 100 Å². The van der Waals surface area contributed by atoms with Gasteiger partial charge in [0.05, 0.1) is 10.7 Å². The fourth-order valence-corrected chi connectivity index (χ4v) is 3.76. The molecule has 1 fully saturated rings. The first-order chi connectivity index (χ1) is 14.9. The molecule has 1 aliphatic rings. The Labute approximate surface area is 190 Å². The Morgan fingerprint density at radius 2 is 1.84 bits per heavy atom. The zero-order chi connectivity index (χ0) is 22.0. The van der Waals surface area contributed by atoms with E-state index in [1.54, 1.807) is 48.4 Å². The lowest BCUT2D eigenvalue weighted by atomic mass is 10.1. The summed E-state index contributed by atoms with van der Waals surface area (Å²) in [4.78, 5) is 16.2. The molecule has 0 bridgehead atoms. The predicted octanol–water partition coefficient (Wildman–Crippen LogP) is 5.66. The Morgan fingerprint density at radius 3 is 2.55 bits per heavy atom. The number of rotatable bonds is 5. The number of para-hydroxylation sites is 1. The molecule has 1 amide bonds. The molecule has 31 heavy (non-hydrogen) atoms. The van der Waals surface area contributed by atoms with Crippen LogP contribution in [0.25, 0.3) is 6.08 Å². The first kappa shape index (κ1) is 21.0. The molecule has 0 spiro atoms. The lowest BCUT2D eigenvalue weighted by molar-refractivity contribution is -0.114. The van der Waals surface area contributed by atoms with E-state index in [0.717, 1.165) is 5.56 Å². The largest absolute Gasteiger partial charge is 0.487 e. The summed E-state index contributed by atoms with van der Waals surface area (Å²) < 4.78 is 19.0. The molecule has 4 rings (SSSR count). The van der Waals surface area contributed by atoms with Gasteiger partial charge < -0.3 is 9.64 Å². The maximum Gasteiger partial charge on any atom is 0.281 e. The van der Waals surface area contributed by atoms with E-state index in [0.29, 0.717) is 32.8 Å². The molecule has 156 valence electrons. The standard InChI is InChI=1S/C24H18ClFN2O2S/c1-27-21(23(29)28(24(27)31)19-8-3-2-4-9-19)14-16-10-11-22(20(25)13-16)30-15-17-6-5-7-18(26)12-17/h2-14H,15H2,1H3/b21-14-. The second-order valence-electron chi connectivity index (χ2n) is 6.96. The molecule has 0 N–H and O–H groups in total. The summed E-state index contributed by atoms with van der Waals surface area (Å²) in [6.07, 6.45) is 1.74. The van der Waals surface area contributed by atoms with E-state index < -0.39 is 0 Å². The number of thiocarbonyl (C=S) groups is 1. The Balaban J connectivity index is 1.54. The number of nitrogens with zero attached hydrogens (tertiary/aromatic N) is 2. The zero-order valence-electron chi connectivity index (χ0n) is 16.6. The fourth-order valence-electron chi connectivity index (χ4n) is 3.23. The molecule has 0 aromatic heterocycles. The first-order valence-electron chi connectivity index (χ1n) is 9.50. The number of amides is 1. The highest BCUT2D eigenvalue weighted by Gasteiger charge is 2.36. The van der Waals surface area contributed by atoms with E-state index in [9.17, 15) is 9.18 Å². The van der Waals surface area contributed by atoms with Crippen LogP contribution >= 0.6 is 23.8 Å². The van der Waals surface area contributed by atoms with Crippen LogP contribution in [-0.2, 0) is 11.4 Å². The van der Waals surface area contributed by atoms with Gasteiger partial charge in [-0.25, -0.2) is 4.39 Å². The minimum Gasteiger partial charge on any atom is -0.487 e. The highest BCUT2D eigenvalue weighted by Crippen LogP contribution is 2.30. The third-order valence-corrected chi connectivity index (χ3v) is 5.57. The lowest BCUT2D eigenvalue weighted by Gasteiger charge is -2.16. The van der Waals surface area contributed by atoms with Crippen LogP contribution < -0.4 is 9.64 Å². The molecule has 7 heteroatoms. The maximum absolute atomic E-state index is 13.3. The Morgan fingerprint density at radius 1 is 1.06 bits per heavy atom. The third-order valence-electron chi connectivity index (χ3n) is 4.82. The summed E-state index contributed by atoms with van der Waals surface area (Å²) in [5.74, 6) is -0.0520. The summed E-state index contributed by atoms with van der Waals surface area (Å²) in [5.41, 5.74) is 2.59. The topological polar surface area (TPSA) is 32.8 Å². The number of hydrogen-bond acceptors (Lipinski definition) is 3. The van der Waals surface area contributed by atoms with Crippen molar-refractivity contribution in [1.82, 2.24) is 4.90 Å². The number of hydrogen-bond donors (Lipinski definition) is 0.